The number of likely N-dealkylation sites (tertiary alicyclic amines) is 1. The number of aliphatic hydroxyl groups is 1. The fourth-order valence-corrected chi connectivity index (χ4v) is 4.81. The molecule has 2 aromatic carbocycles. The van der Waals surface area contributed by atoms with Crippen LogP contribution in [0.2, 0.25) is 0 Å². The minimum absolute atomic E-state index is 0.0398. The molecule has 0 saturated carbocycles. The molecule has 2 heterocycles. The summed E-state index contributed by atoms with van der Waals surface area (Å²) in [6, 6.07) is 21.8. The van der Waals surface area contributed by atoms with E-state index in [4.69, 9.17) is 0 Å². The number of rotatable bonds is 5. The molecule has 2 saturated heterocycles. The molecule has 0 spiro atoms. The first-order chi connectivity index (χ1) is 12.7. The van der Waals surface area contributed by atoms with Crippen molar-refractivity contribution in [2.75, 3.05) is 19.6 Å². The Morgan fingerprint density at radius 2 is 1.85 bits per heavy atom. The van der Waals surface area contributed by atoms with Gasteiger partial charge in [0.15, 0.2) is 0 Å². The molecule has 2 aromatic rings. The van der Waals surface area contributed by atoms with Gasteiger partial charge in [-0.15, -0.1) is 0 Å². The minimum Gasteiger partial charge on any atom is -0.379 e. The van der Waals surface area contributed by atoms with Crippen molar-refractivity contribution in [3.8, 4) is 0 Å². The average Bonchev–Trinajstić information content (AvgIpc) is 3.01. The van der Waals surface area contributed by atoms with Gasteiger partial charge in [-0.1, -0.05) is 60.7 Å². The molecule has 26 heavy (non-hydrogen) atoms. The molecule has 3 N–H and O–H groups in total. The van der Waals surface area contributed by atoms with E-state index in [0.29, 0.717) is 12.0 Å². The first kappa shape index (κ1) is 17.7. The number of fused-ring (bicyclic) bond motifs is 1. The molecule has 0 bridgehead atoms. The lowest BCUT2D eigenvalue weighted by molar-refractivity contribution is 0.0342. The van der Waals surface area contributed by atoms with Crippen molar-refractivity contribution in [2.24, 2.45) is 5.92 Å². The summed E-state index contributed by atoms with van der Waals surface area (Å²) in [6.45, 7) is 5.80. The van der Waals surface area contributed by atoms with Crippen LogP contribution < -0.4 is 10.6 Å². The van der Waals surface area contributed by atoms with E-state index in [9.17, 15) is 5.11 Å². The largest absolute Gasteiger partial charge is 0.379 e. The van der Waals surface area contributed by atoms with Gasteiger partial charge in [-0.05, 0) is 24.5 Å². The highest BCUT2D eigenvalue weighted by Gasteiger charge is 2.51. The van der Waals surface area contributed by atoms with Gasteiger partial charge < -0.3 is 10.4 Å². The summed E-state index contributed by atoms with van der Waals surface area (Å²) in [5.41, 5.74) is 2.67. The van der Waals surface area contributed by atoms with Gasteiger partial charge in [-0.3, -0.25) is 10.2 Å². The van der Waals surface area contributed by atoms with E-state index in [1.54, 1.807) is 0 Å². The van der Waals surface area contributed by atoms with Gasteiger partial charge in [0, 0.05) is 43.7 Å². The molecule has 4 atom stereocenters. The van der Waals surface area contributed by atoms with Crippen molar-refractivity contribution in [2.45, 2.75) is 37.7 Å². The van der Waals surface area contributed by atoms with E-state index in [2.05, 4.69) is 76.2 Å². The smallest absolute Gasteiger partial charge is 0.102 e. The van der Waals surface area contributed by atoms with Crippen LogP contribution in [0, 0.1) is 5.92 Å². The van der Waals surface area contributed by atoms with Gasteiger partial charge in [0.05, 0.1) is 0 Å². The monoisotopic (exact) mass is 351 g/mol. The fourth-order valence-electron chi connectivity index (χ4n) is 4.81. The lowest BCUT2D eigenvalue weighted by Crippen LogP contribution is -2.61. The Kier molecular flexibility index (Phi) is 5.09. The average molecular weight is 351 g/mol. The van der Waals surface area contributed by atoms with Crippen LogP contribution in [-0.4, -0.2) is 41.4 Å². The summed E-state index contributed by atoms with van der Waals surface area (Å²) in [5, 5.41) is 17.3. The van der Waals surface area contributed by atoms with E-state index in [1.807, 2.05) is 6.92 Å². The summed E-state index contributed by atoms with van der Waals surface area (Å²) >= 11 is 0. The van der Waals surface area contributed by atoms with E-state index in [0.717, 1.165) is 32.6 Å². The van der Waals surface area contributed by atoms with Crippen molar-refractivity contribution in [1.29, 1.82) is 0 Å². The minimum atomic E-state index is -0.491. The Hall–Kier alpha value is -1.72. The van der Waals surface area contributed by atoms with Gasteiger partial charge in [0.1, 0.15) is 6.23 Å². The summed E-state index contributed by atoms with van der Waals surface area (Å²) < 4.78 is 0. The molecule has 0 radical (unpaired) electrons. The molecule has 0 aromatic heterocycles. The zero-order valence-corrected chi connectivity index (χ0v) is 15.4. The van der Waals surface area contributed by atoms with Crippen LogP contribution in [0.1, 0.15) is 30.5 Å². The van der Waals surface area contributed by atoms with Crippen molar-refractivity contribution in [3.05, 3.63) is 71.8 Å². The fraction of sp³-hybridized carbons (Fsp3) is 0.455. The molecule has 2 aliphatic rings. The zero-order chi connectivity index (χ0) is 18.0. The maximum absolute atomic E-state index is 10.1. The Balaban J connectivity index is 1.57. The van der Waals surface area contributed by atoms with E-state index < -0.39 is 6.23 Å². The summed E-state index contributed by atoms with van der Waals surface area (Å²) in [6.07, 6.45) is 0.556. The second kappa shape index (κ2) is 7.49. The molecule has 0 unspecified atom stereocenters. The van der Waals surface area contributed by atoms with Gasteiger partial charge in [0.2, 0.25) is 0 Å². The van der Waals surface area contributed by atoms with Crippen molar-refractivity contribution in [1.82, 2.24) is 15.5 Å². The van der Waals surface area contributed by atoms with E-state index in [1.165, 1.54) is 11.1 Å². The van der Waals surface area contributed by atoms with Gasteiger partial charge in [-0.2, -0.15) is 0 Å². The third kappa shape index (κ3) is 3.55. The third-order valence-electron chi connectivity index (χ3n) is 5.98. The lowest BCUT2D eigenvalue weighted by Gasteiger charge is -2.46. The van der Waals surface area contributed by atoms with Crippen molar-refractivity contribution in [3.63, 3.8) is 0 Å². The molecule has 4 nitrogen and oxygen atoms in total. The molecular formula is C22H29N3O. The van der Waals surface area contributed by atoms with Gasteiger partial charge in [0.25, 0.3) is 0 Å². The van der Waals surface area contributed by atoms with E-state index in [-0.39, 0.29) is 5.54 Å². The highest BCUT2D eigenvalue weighted by molar-refractivity contribution is 5.25. The maximum Gasteiger partial charge on any atom is 0.102 e. The van der Waals surface area contributed by atoms with Crippen LogP contribution in [0.3, 0.4) is 0 Å². The highest BCUT2D eigenvalue weighted by Crippen LogP contribution is 2.42. The van der Waals surface area contributed by atoms with Crippen LogP contribution in [0.25, 0.3) is 0 Å². The second-order valence-corrected chi connectivity index (χ2v) is 7.82. The van der Waals surface area contributed by atoms with Crippen LogP contribution in [0.5, 0.6) is 0 Å². The number of piperidine rings is 1. The van der Waals surface area contributed by atoms with Crippen LogP contribution in [0.4, 0.5) is 0 Å². The SMILES string of the molecule is C[C@H](O)N[C@@]12CCN(Cc3ccccc3)C[C@@H]1[C@@H](c1ccccc1)NC2. The molecule has 138 valence electrons. The van der Waals surface area contributed by atoms with Crippen molar-refractivity contribution >= 4 is 0 Å². The first-order valence-electron chi connectivity index (χ1n) is 9.67. The van der Waals surface area contributed by atoms with Gasteiger partial charge in [-0.25, -0.2) is 0 Å². The molecule has 4 rings (SSSR count). The highest BCUT2D eigenvalue weighted by atomic mass is 16.3. The lowest BCUT2D eigenvalue weighted by atomic mass is 9.75. The quantitative estimate of drug-likeness (QED) is 0.725. The predicted octanol–water partition coefficient (Wildman–Crippen LogP) is 2.52. The molecule has 2 aliphatic heterocycles. The topological polar surface area (TPSA) is 47.5 Å². The van der Waals surface area contributed by atoms with Gasteiger partial charge >= 0.3 is 0 Å². The summed E-state index contributed by atoms with van der Waals surface area (Å²) in [5.74, 6) is 0.428. The maximum atomic E-state index is 10.1. The number of nitrogens with one attached hydrogen (secondary N) is 2. The normalized spacial score (nSPS) is 30.1. The summed E-state index contributed by atoms with van der Waals surface area (Å²) in [7, 11) is 0. The Bertz CT molecular complexity index is 706. The Morgan fingerprint density at radius 1 is 1.15 bits per heavy atom. The van der Waals surface area contributed by atoms with Crippen LogP contribution >= 0.6 is 0 Å². The molecule has 0 aliphatic carbocycles. The third-order valence-corrected chi connectivity index (χ3v) is 5.98. The van der Waals surface area contributed by atoms with Crippen LogP contribution in [-0.2, 0) is 6.54 Å². The number of hydrogen-bond donors (Lipinski definition) is 3. The molecule has 0 amide bonds. The van der Waals surface area contributed by atoms with Crippen molar-refractivity contribution < 1.29 is 5.11 Å². The predicted molar refractivity (Wildman–Crippen MR) is 105 cm³/mol. The van der Waals surface area contributed by atoms with E-state index >= 15 is 0 Å². The number of hydrogen-bond acceptors (Lipinski definition) is 4. The molecular weight excluding hydrogens is 322 g/mol. The number of aliphatic hydroxyl groups excluding tert-OH is 1. The Labute approximate surface area is 156 Å². The number of nitrogens with zero attached hydrogens (tertiary/aromatic N) is 1. The second-order valence-electron chi connectivity index (χ2n) is 7.82. The molecule has 2 fully saturated rings. The first-order valence-corrected chi connectivity index (χ1v) is 9.67. The Morgan fingerprint density at radius 3 is 2.54 bits per heavy atom. The van der Waals surface area contributed by atoms with Crippen LogP contribution in [0.15, 0.2) is 60.7 Å². The molecule has 4 heteroatoms. The number of benzene rings is 2. The standard InChI is InChI=1S/C22H29N3O/c1-17(26)24-22-12-13-25(14-18-8-4-2-5-9-18)15-20(22)21(23-16-22)19-10-6-3-7-11-19/h2-11,17,20-21,23-24,26H,12-16H2,1H3/t17-,20+,21+,22+/m0/s1. The summed E-state index contributed by atoms with van der Waals surface area (Å²) in [4.78, 5) is 2.56. The zero-order valence-electron chi connectivity index (χ0n) is 15.4.